The van der Waals surface area contributed by atoms with Gasteiger partial charge in [0.25, 0.3) is 0 Å². The van der Waals surface area contributed by atoms with Crippen LogP contribution in [0.4, 0.5) is 0 Å². The van der Waals surface area contributed by atoms with Crippen molar-refractivity contribution in [1.82, 2.24) is 0 Å². The fraction of sp³-hybridized carbons (Fsp3) is 0.673. The molecule has 0 amide bonds. The lowest BCUT2D eigenvalue weighted by molar-refractivity contribution is -0.220. The highest BCUT2D eigenvalue weighted by atomic mass is 31.2. The van der Waals surface area contributed by atoms with Crippen LogP contribution in [0.1, 0.15) is 149 Å². The quantitative estimate of drug-likeness (QED) is 0.0135. The molecule has 0 aliphatic heterocycles. The molecule has 9 atom stereocenters. The normalized spacial score (nSPS) is 22.8. The van der Waals surface area contributed by atoms with Crippen LogP contribution in [0.2, 0.25) is 0 Å². The number of allylic oxidation sites excluding steroid dienone is 14. The number of aliphatic hydroxyl groups excluding tert-OH is 6. The first-order valence-corrected chi connectivity index (χ1v) is 25.0. The molecule has 64 heavy (non-hydrogen) atoms. The summed E-state index contributed by atoms with van der Waals surface area (Å²) in [6.07, 6.45) is 32.9. The van der Waals surface area contributed by atoms with Crippen molar-refractivity contribution in [2.75, 3.05) is 13.2 Å². The summed E-state index contributed by atoms with van der Waals surface area (Å²) in [6.45, 7) is 2.91. The van der Waals surface area contributed by atoms with Crippen LogP contribution in [-0.4, -0.2) is 110 Å². The number of carbonyl (C=O) groups is 2. The van der Waals surface area contributed by atoms with Gasteiger partial charge in [-0.25, -0.2) is 4.57 Å². The molecule has 366 valence electrons. The zero-order valence-corrected chi connectivity index (χ0v) is 39.3. The molecule has 1 aliphatic rings. The number of rotatable bonds is 37. The van der Waals surface area contributed by atoms with E-state index in [4.69, 9.17) is 18.5 Å². The van der Waals surface area contributed by atoms with E-state index >= 15 is 0 Å². The lowest BCUT2D eigenvalue weighted by Gasteiger charge is -2.41. The highest BCUT2D eigenvalue weighted by Gasteiger charge is 2.51. The summed E-state index contributed by atoms with van der Waals surface area (Å²) in [7, 11) is -5.15. The molecule has 7 N–H and O–H groups in total. The van der Waals surface area contributed by atoms with E-state index in [0.29, 0.717) is 19.3 Å². The molecule has 0 spiro atoms. The van der Waals surface area contributed by atoms with Crippen LogP contribution in [0.5, 0.6) is 0 Å². The van der Waals surface area contributed by atoms with E-state index in [0.717, 1.165) is 83.5 Å². The fourth-order valence-electron chi connectivity index (χ4n) is 6.38. The minimum Gasteiger partial charge on any atom is -0.462 e. The molecule has 0 aromatic rings. The molecule has 0 aromatic carbocycles. The van der Waals surface area contributed by atoms with Crippen molar-refractivity contribution < 1.29 is 68.2 Å². The van der Waals surface area contributed by atoms with Gasteiger partial charge in [0.05, 0.1) is 12.7 Å². The van der Waals surface area contributed by atoms with Crippen molar-refractivity contribution in [3.8, 4) is 0 Å². The average molecular weight is 925 g/mol. The monoisotopic (exact) mass is 925 g/mol. The Morgan fingerprint density at radius 1 is 0.547 bits per heavy atom. The van der Waals surface area contributed by atoms with Gasteiger partial charge < -0.3 is 45.0 Å². The van der Waals surface area contributed by atoms with Crippen LogP contribution >= 0.6 is 7.82 Å². The van der Waals surface area contributed by atoms with Crippen LogP contribution in [-0.2, 0) is 32.7 Å². The number of phosphoric ester groups is 1. The van der Waals surface area contributed by atoms with E-state index in [1.807, 2.05) is 25.2 Å². The van der Waals surface area contributed by atoms with Gasteiger partial charge in [0.2, 0.25) is 0 Å². The summed E-state index contributed by atoms with van der Waals surface area (Å²) >= 11 is 0. The van der Waals surface area contributed by atoms with Crippen LogP contribution in [0.15, 0.2) is 85.1 Å². The Morgan fingerprint density at radius 2 is 0.984 bits per heavy atom. The van der Waals surface area contributed by atoms with Crippen molar-refractivity contribution in [1.29, 1.82) is 0 Å². The summed E-state index contributed by atoms with van der Waals surface area (Å²) in [5.74, 6) is -1.22. The van der Waals surface area contributed by atoms with Crippen molar-refractivity contribution in [2.45, 2.75) is 198 Å². The summed E-state index contributed by atoms with van der Waals surface area (Å²) in [5, 5.41) is 59.7. The van der Waals surface area contributed by atoms with Gasteiger partial charge in [0, 0.05) is 12.8 Å². The van der Waals surface area contributed by atoms with Crippen LogP contribution < -0.4 is 0 Å². The van der Waals surface area contributed by atoms with Crippen molar-refractivity contribution in [3.63, 3.8) is 0 Å². The number of hydrogen-bond donors (Lipinski definition) is 7. The molecule has 0 bridgehead atoms. The Labute approximate surface area is 382 Å². The third-order valence-corrected chi connectivity index (χ3v) is 11.4. The zero-order valence-electron chi connectivity index (χ0n) is 38.4. The average Bonchev–Trinajstić information content (AvgIpc) is 3.28. The van der Waals surface area contributed by atoms with E-state index in [1.165, 1.54) is 19.3 Å². The van der Waals surface area contributed by atoms with E-state index in [-0.39, 0.29) is 18.9 Å². The molecule has 14 nitrogen and oxygen atoms in total. The Kier molecular flexibility index (Phi) is 35.2. The Hall–Kier alpha value is -3.01. The lowest BCUT2D eigenvalue weighted by Crippen LogP contribution is -2.64. The lowest BCUT2D eigenvalue weighted by atomic mass is 9.85. The molecule has 3 unspecified atom stereocenters. The minimum absolute atomic E-state index is 0.00234. The number of hydrogen-bond acceptors (Lipinski definition) is 13. The largest absolute Gasteiger partial charge is 0.472 e. The van der Waals surface area contributed by atoms with E-state index in [2.05, 4.69) is 73.8 Å². The molecule has 1 saturated carbocycles. The third-order valence-electron chi connectivity index (χ3n) is 10.4. The minimum atomic E-state index is -5.15. The molecule has 0 saturated heterocycles. The molecule has 1 rings (SSSR count). The predicted octanol–water partition coefficient (Wildman–Crippen LogP) is 8.25. The fourth-order valence-corrected chi connectivity index (χ4v) is 7.36. The van der Waals surface area contributed by atoms with Gasteiger partial charge in [-0.1, -0.05) is 125 Å². The number of phosphoric acid groups is 1. The molecular weight excluding hydrogens is 843 g/mol. The smallest absolute Gasteiger partial charge is 0.462 e. The van der Waals surface area contributed by atoms with Crippen molar-refractivity contribution in [2.24, 2.45) is 0 Å². The van der Waals surface area contributed by atoms with Crippen molar-refractivity contribution >= 4 is 19.8 Å². The maximum absolute atomic E-state index is 12.8. The van der Waals surface area contributed by atoms with Crippen LogP contribution in [0, 0.1) is 0 Å². The second kappa shape index (κ2) is 38.1. The summed E-state index contributed by atoms with van der Waals surface area (Å²) in [4.78, 5) is 35.7. The van der Waals surface area contributed by atoms with Crippen LogP contribution in [0.3, 0.4) is 0 Å². The highest BCUT2D eigenvalue weighted by Crippen LogP contribution is 2.47. The first kappa shape index (κ1) is 59.0. The molecule has 0 radical (unpaired) electrons. The van der Waals surface area contributed by atoms with Gasteiger partial charge in [-0.3, -0.25) is 18.6 Å². The Bertz CT molecular complexity index is 1460. The number of unbranched alkanes of at least 4 members (excludes halogenated alkanes) is 8. The van der Waals surface area contributed by atoms with Gasteiger partial charge in [-0.05, 0) is 96.3 Å². The van der Waals surface area contributed by atoms with E-state index in [1.54, 1.807) is 0 Å². The summed E-state index contributed by atoms with van der Waals surface area (Å²) < 4.78 is 33.4. The third kappa shape index (κ3) is 30.2. The van der Waals surface area contributed by atoms with Crippen molar-refractivity contribution in [3.05, 3.63) is 85.1 Å². The standard InChI is InChI=1S/C49H81O14P/c1-3-5-6-7-8-9-10-11-12-13-14-18-21-24-27-30-33-36-42(51)60-38-41(39-61-64(58,59)63-49-47(56)45(54)44(53)46(55)48(49)57)62-43(52)37-34-31-28-25-22-19-16-15-17-20-23-26-29-32-35-40(50)4-2/h8-9,11-12,14,16-20,25-26,28-29,40-41,44-50,53-57H,3-7,10,13,15,21-24,27,30-39H2,1-2H3,(H,58,59)/b9-8-,12-11-,18-14-,19-16-,20-17-,28-25-,29-26-/t40-,41-,44?,45-,46+,47-,48-,49?/m1/s1. The zero-order chi connectivity index (χ0) is 47.3. The maximum atomic E-state index is 12.8. The number of esters is 2. The number of aliphatic hydroxyl groups is 6. The first-order valence-electron chi connectivity index (χ1n) is 23.5. The maximum Gasteiger partial charge on any atom is 0.472 e. The van der Waals surface area contributed by atoms with E-state index in [9.17, 15) is 49.7 Å². The number of ether oxygens (including phenoxy) is 2. The van der Waals surface area contributed by atoms with Gasteiger partial charge in [-0.2, -0.15) is 0 Å². The summed E-state index contributed by atoms with van der Waals surface area (Å²) in [5.41, 5.74) is 0. The van der Waals surface area contributed by atoms with Gasteiger partial charge >= 0.3 is 19.8 Å². The number of carbonyl (C=O) groups excluding carboxylic acids is 2. The Balaban J connectivity index is 2.53. The predicted molar refractivity (Wildman–Crippen MR) is 250 cm³/mol. The highest BCUT2D eigenvalue weighted by molar-refractivity contribution is 7.47. The molecule has 0 aromatic heterocycles. The van der Waals surface area contributed by atoms with Gasteiger partial charge in [0.1, 0.15) is 43.2 Å². The molecule has 1 aliphatic carbocycles. The second-order valence-electron chi connectivity index (χ2n) is 16.0. The second-order valence-corrected chi connectivity index (χ2v) is 17.4. The summed E-state index contributed by atoms with van der Waals surface area (Å²) in [6, 6.07) is 0. The van der Waals surface area contributed by atoms with E-state index < -0.39 is 75.7 Å². The SMILES string of the molecule is CCCCC/C=C\C/C=C\C/C=C\CCCCCCC(=O)OC[C@H](COP(=O)(O)OC1[C@H](O)[C@H](O)C(O)[C@H](O)[C@H]1O)OC(=O)CCC/C=C\C/C=C\C/C=C\C/C=C\CC[C@H](O)CC. The van der Waals surface area contributed by atoms with Gasteiger partial charge in [0.15, 0.2) is 6.10 Å². The molecule has 1 fully saturated rings. The molecular formula is C49H81O14P. The molecule has 0 heterocycles. The molecule has 15 heteroatoms. The first-order chi connectivity index (χ1) is 30.8. The topological polar surface area (TPSA) is 230 Å². The van der Waals surface area contributed by atoms with Crippen LogP contribution in [0.25, 0.3) is 0 Å². The van der Waals surface area contributed by atoms with Gasteiger partial charge in [-0.15, -0.1) is 0 Å². The Morgan fingerprint density at radius 3 is 1.50 bits per heavy atom.